The molecular weight excluding hydrogens is 326 g/mol. The minimum atomic E-state index is -0.0689. The quantitative estimate of drug-likeness (QED) is 0.403. The molecule has 0 aromatic heterocycles. The van der Waals surface area contributed by atoms with E-state index < -0.39 is 0 Å². The van der Waals surface area contributed by atoms with Crippen molar-refractivity contribution in [3.8, 4) is 17.2 Å². The molecule has 6 heteroatoms. The molecule has 0 heterocycles. The first-order valence-corrected chi connectivity index (χ1v) is 6.52. The fraction of sp³-hybridized carbons (Fsp3) is 0.143. The number of anilines is 1. The Balaban J connectivity index is 0.000000204. The van der Waals surface area contributed by atoms with Crippen LogP contribution in [0.25, 0.3) is 0 Å². The molecular formula is C14H16BrNO4. The summed E-state index contributed by atoms with van der Waals surface area (Å²) in [6, 6.07) is 8.05. The Morgan fingerprint density at radius 3 is 2.10 bits per heavy atom. The van der Waals surface area contributed by atoms with Crippen molar-refractivity contribution in [1.29, 1.82) is 0 Å². The Hall–Kier alpha value is -1.92. The largest absolute Gasteiger partial charge is 0.505 e. The highest BCUT2D eigenvalue weighted by molar-refractivity contribution is 9.10. The predicted octanol–water partition coefficient (Wildman–Crippen LogP) is 3.67. The first kappa shape index (κ1) is 16.1. The lowest BCUT2D eigenvalue weighted by Crippen LogP contribution is -1.90. The summed E-state index contributed by atoms with van der Waals surface area (Å²) in [6.07, 6.45) is 0. The molecule has 0 bridgehead atoms. The zero-order chi connectivity index (χ0) is 15.3. The minimum Gasteiger partial charge on any atom is -0.505 e. The molecule has 0 radical (unpaired) electrons. The van der Waals surface area contributed by atoms with Crippen molar-refractivity contribution in [3.05, 3.63) is 45.9 Å². The number of hydrogen-bond donors (Lipinski definition) is 5. The molecule has 2 rings (SSSR count). The highest BCUT2D eigenvalue weighted by atomic mass is 79.9. The molecule has 5 nitrogen and oxygen atoms in total. The second-order valence-electron chi connectivity index (χ2n) is 4.22. The summed E-state index contributed by atoms with van der Waals surface area (Å²) >= 11 is 3.23. The number of phenols is 3. The molecule has 2 aromatic rings. The number of nitrogens with one attached hydrogen (secondary N) is 1. The van der Waals surface area contributed by atoms with Gasteiger partial charge < -0.3 is 15.3 Å². The summed E-state index contributed by atoms with van der Waals surface area (Å²) in [4.78, 5) is 0. The summed E-state index contributed by atoms with van der Waals surface area (Å²) in [7, 11) is 0. The van der Waals surface area contributed by atoms with Gasteiger partial charge >= 0.3 is 0 Å². The normalized spacial score (nSPS) is 9.60. The maximum atomic E-state index is 9.28. The van der Waals surface area contributed by atoms with Crippen molar-refractivity contribution in [3.63, 3.8) is 0 Å². The number of phenolic OH excluding ortho intramolecular Hbond substituents is 3. The molecule has 0 aliphatic heterocycles. The van der Waals surface area contributed by atoms with E-state index in [0.29, 0.717) is 11.3 Å². The Morgan fingerprint density at radius 2 is 1.60 bits per heavy atom. The fourth-order valence-corrected chi connectivity index (χ4v) is 2.03. The van der Waals surface area contributed by atoms with E-state index in [9.17, 15) is 5.11 Å². The van der Waals surface area contributed by atoms with Gasteiger partial charge in [-0.05, 0) is 49.2 Å². The van der Waals surface area contributed by atoms with Crippen LogP contribution in [-0.2, 0) is 0 Å². The van der Waals surface area contributed by atoms with Crippen molar-refractivity contribution in [2.75, 3.05) is 5.48 Å². The highest BCUT2D eigenvalue weighted by Gasteiger charge is 2.03. The summed E-state index contributed by atoms with van der Waals surface area (Å²) in [5, 5.41) is 35.5. The van der Waals surface area contributed by atoms with E-state index in [1.54, 1.807) is 25.1 Å². The lowest BCUT2D eigenvalue weighted by Gasteiger charge is -2.05. The van der Waals surface area contributed by atoms with Gasteiger partial charge in [-0.15, -0.1) is 0 Å². The van der Waals surface area contributed by atoms with Gasteiger partial charge in [-0.1, -0.05) is 22.0 Å². The van der Waals surface area contributed by atoms with E-state index >= 15 is 0 Å². The van der Waals surface area contributed by atoms with Crippen LogP contribution in [0.5, 0.6) is 17.2 Å². The number of benzene rings is 2. The molecule has 0 aliphatic carbocycles. The van der Waals surface area contributed by atoms with Crippen LogP contribution >= 0.6 is 15.9 Å². The predicted molar refractivity (Wildman–Crippen MR) is 80.5 cm³/mol. The van der Waals surface area contributed by atoms with Crippen molar-refractivity contribution in [2.24, 2.45) is 0 Å². The Bertz CT molecular complexity index is 602. The summed E-state index contributed by atoms with van der Waals surface area (Å²) in [5.41, 5.74) is 3.84. The van der Waals surface area contributed by atoms with Crippen LogP contribution < -0.4 is 5.48 Å². The minimum absolute atomic E-state index is 0.0602. The van der Waals surface area contributed by atoms with Crippen molar-refractivity contribution in [1.82, 2.24) is 0 Å². The summed E-state index contributed by atoms with van der Waals surface area (Å²) < 4.78 is 0.810. The molecule has 0 amide bonds. The average Bonchev–Trinajstić information content (AvgIpc) is 2.39. The number of aryl methyl sites for hydroxylation is 2. The van der Waals surface area contributed by atoms with Gasteiger partial charge in [0.15, 0.2) is 11.5 Å². The number of rotatable bonds is 1. The van der Waals surface area contributed by atoms with E-state index in [2.05, 4.69) is 15.9 Å². The first-order chi connectivity index (χ1) is 9.35. The summed E-state index contributed by atoms with van der Waals surface area (Å²) in [5.74, 6) is -0.0636. The van der Waals surface area contributed by atoms with Gasteiger partial charge in [-0.2, -0.15) is 0 Å². The van der Waals surface area contributed by atoms with E-state index in [1.165, 1.54) is 12.1 Å². The number of halogens is 1. The van der Waals surface area contributed by atoms with Gasteiger partial charge in [0, 0.05) is 4.47 Å². The van der Waals surface area contributed by atoms with E-state index in [0.717, 1.165) is 10.0 Å². The maximum Gasteiger partial charge on any atom is 0.157 e. The van der Waals surface area contributed by atoms with Gasteiger partial charge in [0.1, 0.15) is 11.4 Å². The Labute approximate surface area is 125 Å². The molecule has 2 aromatic carbocycles. The first-order valence-electron chi connectivity index (χ1n) is 5.73. The molecule has 0 aliphatic rings. The van der Waals surface area contributed by atoms with E-state index in [1.807, 2.05) is 12.4 Å². The third-order valence-corrected chi connectivity index (χ3v) is 2.97. The molecule has 0 saturated heterocycles. The maximum absolute atomic E-state index is 9.28. The van der Waals surface area contributed by atoms with Crippen LogP contribution in [0.1, 0.15) is 11.1 Å². The molecule has 5 N–H and O–H groups in total. The standard InChI is InChI=1S/C7H8BrNO2.C7H8O2/c1-4-2-5(8)3-6(9-11)7(4)10;1-5-2-3-6(8)7(9)4-5/h2-3,9-11H,1H3;2-4,8-9H,1H3. The van der Waals surface area contributed by atoms with Gasteiger partial charge in [0.25, 0.3) is 0 Å². The fourth-order valence-electron chi connectivity index (χ4n) is 1.45. The monoisotopic (exact) mass is 341 g/mol. The van der Waals surface area contributed by atoms with Crippen LogP contribution in [0.3, 0.4) is 0 Å². The third kappa shape index (κ3) is 4.32. The molecule has 108 valence electrons. The zero-order valence-electron chi connectivity index (χ0n) is 11.1. The third-order valence-electron chi connectivity index (χ3n) is 2.52. The second kappa shape index (κ2) is 7.02. The molecule has 0 unspecified atom stereocenters. The van der Waals surface area contributed by atoms with Gasteiger partial charge in [-0.3, -0.25) is 10.7 Å². The van der Waals surface area contributed by atoms with Gasteiger partial charge in [0.05, 0.1) is 0 Å². The molecule has 20 heavy (non-hydrogen) atoms. The zero-order valence-corrected chi connectivity index (χ0v) is 12.6. The Morgan fingerprint density at radius 1 is 0.950 bits per heavy atom. The van der Waals surface area contributed by atoms with Crippen molar-refractivity contribution in [2.45, 2.75) is 13.8 Å². The smallest absolute Gasteiger partial charge is 0.157 e. The highest BCUT2D eigenvalue weighted by Crippen LogP contribution is 2.30. The number of aromatic hydroxyl groups is 3. The topological polar surface area (TPSA) is 93.0 Å². The molecule has 0 saturated carbocycles. The Kier molecular flexibility index (Phi) is 5.66. The van der Waals surface area contributed by atoms with Crippen LogP contribution in [0.15, 0.2) is 34.8 Å². The second-order valence-corrected chi connectivity index (χ2v) is 5.14. The van der Waals surface area contributed by atoms with Crippen LogP contribution in [-0.4, -0.2) is 20.5 Å². The van der Waals surface area contributed by atoms with E-state index in [-0.39, 0.29) is 17.2 Å². The van der Waals surface area contributed by atoms with Gasteiger partial charge in [0.2, 0.25) is 0 Å². The number of hydrogen-bond acceptors (Lipinski definition) is 5. The van der Waals surface area contributed by atoms with Crippen LogP contribution in [0.2, 0.25) is 0 Å². The lowest BCUT2D eigenvalue weighted by atomic mass is 10.2. The van der Waals surface area contributed by atoms with Gasteiger partial charge in [-0.25, -0.2) is 0 Å². The molecule has 0 spiro atoms. The van der Waals surface area contributed by atoms with Crippen molar-refractivity contribution < 1.29 is 20.5 Å². The average molecular weight is 342 g/mol. The SMILES string of the molecule is Cc1cc(Br)cc(NO)c1O.Cc1ccc(O)c(O)c1. The van der Waals surface area contributed by atoms with Crippen LogP contribution in [0.4, 0.5) is 5.69 Å². The van der Waals surface area contributed by atoms with Crippen molar-refractivity contribution >= 4 is 21.6 Å². The summed E-state index contributed by atoms with van der Waals surface area (Å²) in [6.45, 7) is 3.60. The lowest BCUT2D eigenvalue weighted by molar-refractivity contribution is 0.380. The molecule has 0 fully saturated rings. The molecule has 0 atom stereocenters. The van der Waals surface area contributed by atoms with Crippen LogP contribution in [0, 0.1) is 13.8 Å². The van der Waals surface area contributed by atoms with E-state index in [4.69, 9.17) is 15.4 Å².